The first-order chi connectivity index (χ1) is 12.4. The van der Waals surface area contributed by atoms with E-state index in [2.05, 4.69) is 5.32 Å². The van der Waals surface area contributed by atoms with Gasteiger partial charge in [0.05, 0.1) is 0 Å². The molecule has 1 heterocycles. The highest BCUT2D eigenvalue weighted by molar-refractivity contribution is 6.35. The molecule has 3 nitrogen and oxygen atoms in total. The zero-order chi connectivity index (χ0) is 18.7. The molecule has 0 radical (unpaired) electrons. The van der Waals surface area contributed by atoms with Crippen LogP contribution in [-0.2, 0) is 4.79 Å². The maximum atomic E-state index is 12.1. The molecule has 0 saturated heterocycles. The van der Waals surface area contributed by atoms with Crippen LogP contribution in [0.25, 0.3) is 17.4 Å². The second-order valence-corrected chi connectivity index (χ2v) is 6.88. The second-order valence-electron chi connectivity index (χ2n) is 5.60. The number of hydrogen-bond donors (Lipinski definition) is 1. The zero-order valence-electron chi connectivity index (χ0n) is 13.7. The third kappa shape index (κ3) is 4.50. The van der Waals surface area contributed by atoms with Gasteiger partial charge in [0.25, 0.3) is 0 Å². The Morgan fingerprint density at radius 1 is 1.04 bits per heavy atom. The Kier molecular flexibility index (Phi) is 5.72. The van der Waals surface area contributed by atoms with Crippen molar-refractivity contribution in [1.29, 1.82) is 0 Å². The largest absolute Gasteiger partial charge is 0.457 e. The number of carbonyl (C=O) groups is 1. The summed E-state index contributed by atoms with van der Waals surface area (Å²) in [6.45, 7) is 1.84. The lowest BCUT2D eigenvalue weighted by Crippen LogP contribution is -2.08. The van der Waals surface area contributed by atoms with Gasteiger partial charge in [-0.15, -0.1) is 0 Å². The summed E-state index contributed by atoms with van der Waals surface area (Å²) in [5.74, 6) is 0.869. The molecule has 1 N–H and O–H groups in total. The fourth-order valence-corrected chi connectivity index (χ4v) is 3.07. The zero-order valence-corrected chi connectivity index (χ0v) is 16.0. The number of anilines is 1. The van der Waals surface area contributed by atoms with E-state index >= 15 is 0 Å². The SMILES string of the molecule is Cc1c(Cl)cccc1NC(=O)/C=C/c1ccc(-c2cc(Cl)cc(Cl)c2)o1. The van der Waals surface area contributed by atoms with Gasteiger partial charge in [-0.2, -0.15) is 0 Å². The van der Waals surface area contributed by atoms with Crippen LogP contribution in [0.3, 0.4) is 0 Å². The fraction of sp³-hybridized carbons (Fsp3) is 0.0500. The van der Waals surface area contributed by atoms with Crippen molar-refractivity contribution < 1.29 is 9.21 Å². The van der Waals surface area contributed by atoms with E-state index in [-0.39, 0.29) is 5.91 Å². The fourth-order valence-electron chi connectivity index (χ4n) is 2.37. The van der Waals surface area contributed by atoms with Gasteiger partial charge in [0, 0.05) is 32.4 Å². The molecular formula is C20H14Cl3NO2. The van der Waals surface area contributed by atoms with Crippen LogP contribution in [0.4, 0.5) is 5.69 Å². The summed E-state index contributed by atoms with van der Waals surface area (Å²) in [5.41, 5.74) is 2.25. The molecule has 1 aromatic heterocycles. The number of halogens is 3. The van der Waals surface area contributed by atoms with Crippen LogP contribution in [0.15, 0.2) is 59.0 Å². The average Bonchev–Trinajstić information content (AvgIpc) is 3.05. The number of carbonyl (C=O) groups excluding carboxylic acids is 1. The van der Waals surface area contributed by atoms with Gasteiger partial charge in [-0.1, -0.05) is 40.9 Å². The molecule has 0 fully saturated rings. The topological polar surface area (TPSA) is 42.2 Å². The molecule has 0 aliphatic carbocycles. The van der Waals surface area contributed by atoms with Crippen molar-refractivity contribution in [2.24, 2.45) is 0 Å². The predicted molar refractivity (Wildman–Crippen MR) is 108 cm³/mol. The Morgan fingerprint density at radius 3 is 2.50 bits per heavy atom. The molecule has 0 spiro atoms. The number of benzene rings is 2. The molecule has 0 saturated carbocycles. The van der Waals surface area contributed by atoms with Crippen molar-refractivity contribution in [2.45, 2.75) is 6.92 Å². The lowest BCUT2D eigenvalue weighted by atomic mass is 10.2. The maximum Gasteiger partial charge on any atom is 0.248 e. The number of furan rings is 1. The van der Waals surface area contributed by atoms with E-state index in [4.69, 9.17) is 39.2 Å². The van der Waals surface area contributed by atoms with Gasteiger partial charge in [-0.25, -0.2) is 0 Å². The highest BCUT2D eigenvalue weighted by atomic mass is 35.5. The minimum atomic E-state index is -0.279. The molecule has 1 amide bonds. The summed E-state index contributed by atoms with van der Waals surface area (Å²) < 4.78 is 5.72. The molecule has 26 heavy (non-hydrogen) atoms. The molecule has 3 aromatic rings. The minimum absolute atomic E-state index is 0.279. The van der Waals surface area contributed by atoms with Gasteiger partial charge in [-0.3, -0.25) is 4.79 Å². The molecule has 0 atom stereocenters. The lowest BCUT2D eigenvalue weighted by Gasteiger charge is -2.07. The average molecular weight is 407 g/mol. The van der Waals surface area contributed by atoms with Crippen molar-refractivity contribution in [3.05, 3.63) is 81.0 Å². The van der Waals surface area contributed by atoms with Crippen molar-refractivity contribution in [3.8, 4) is 11.3 Å². The van der Waals surface area contributed by atoms with Gasteiger partial charge in [0.15, 0.2) is 0 Å². The summed E-state index contributed by atoms with van der Waals surface area (Å²) in [4.78, 5) is 12.1. The van der Waals surface area contributed by atoms with Crippen molar-refractivity contribution in [2.75, 3.05) is 5.32 Å². The molecule has 0 bridgehead atoms. The van der Waals surface area contributed by atoms with E-state index < -0.39 is 0 Å². The molecule has 3 rings (SSSR count). The number of hydrogen-bond acceptors (Lipinski definition) is 2. The van der Waals surface area contributed by atoms with Crippen molar-refractivity contribution >= 4 is 52.5 Å². The highest BCUT2D eigenvalue weighted by Gasteiger charge is 2.07. The van der Waals surface area contributed by atoms with Crippen LogP contribution >= 0.6 is 34.8 Å². The van der Waals surface area contributed by atoms with E-state index in [9.17, 15) is 4.79 Å². The van der Waals surface area contributed by atoms with Gasteiger partial charge in [0.2, 0.25) is 5.91 Å². The Morgan fingerprint density at radius 2 is 1.77 bits per heavy atom. The number of amides is 1. The van der Waals surface area contributed by atoms with Gasteiger partial charge < -0.3 is 9.73 Å². The third-order valence-electron chi connectivity index (χ3n) is 3.70. The highest BCUT2D eigenvalue weighted by Crippen LogP contribution is 2.29. The molecule has 0 aliphatic rings. The van der Waals surface area contributed by atoms with E-state index in [1.54, 1.807) is 54.6 Å². The first-order valence-electron chi connectivity index (χ1n) is 7.73. The van der Waals surface area contributed by atoms with Crippen LogP contribution in [0.1, 0.15) is 11.3 Å². The van der Waals surface area contributed by atoms with Gasteiger partial charge in [0.1, 0.15) is 11.5 Å². The summed E-state index contributed by atoms with van der Waals surface area (Å²) in [5, 5.41) is 4.44. The van der Waals surface area contributed by atoms with Crippen LogP contribution in [0, 0.1) is 6.92 Å². The lowest BCUT2D eigenvalue weighted by molar-refractivity contribution is -0.111. The number of nitrogens with one attached hydrogen (secondary N) is 1. The quantitative estimate of drug-likeness (QED) is 0.480. The number of rotatable bonds is 4. The molecule has 132 valence electrons. The molecular weight excluding hydrogens is 393 g/mol. The monoisotopic (exact) mass is 405 g/mol. The van der Waals surface area contributed by atoms with Crippen molar-refractivity contribution in [3.63, 3.8) is 0 Å². The minimum Gasteiger partial charge on any atom is -0.457 e. The Labute approximate surface area is 166 Å². The second kappa shape index (κ2) is 8.00. The van der Waals surface area contributed by atoms with Gasteiger partial charge in [-0.05, 0) is 61.0 Å². The van der Waals surface area contributed by atoms with Crippen LogP contribution in [0.2, 0.25) is 15.1 Å². The van der Waals surface area contributed by atoms with Crippen LogP contribution in [-0.4, -0.2) is 5.91 Å². The summed E-state index contributed by atoms with van der Waals surface area (Å²) in [7, 11) is 0. The Bertz CT molecular complexity index is 972. The van der Waals surface area contributed by atoms with Crippen LogP contribution < -0.4 is 5.32 Å². The van der Waals surface area contributed by atoms with E-state index in [1.165, 1.54) is 6.08 Å². The molecule has 0 unspecified atom stereocenters. The van der Waals surface area contributed by atoms with E-state index in [1.807, 2.05) is 6.92 Å². The normalized spacial score (nSPS) is 11.1. The Balaban J connectivity index is 1.72. The first kappa shape index (κ1) is 18.6. The smallest absolute Gasteiger partial charge is 0.248 e. The molecule has 0 aliphatic heterocycles. The standard InChI is InChI=1S/C20H14Cl3NO2/c1-12-17(23)3-2-4-18(12)24-20(25)8-6-16-5-7-19(26-16)13-9-14(21)11-15(22)10-13/h2-11H,1H3,(H,24,25)/b8-6+. The van der Waals surface area contributed by atoms with Gasteiger partial charge >= 0.3 is 0 Å². The summed E-state index contributed by atoms with van der Waals surface area (Å²) in [6.07, 6.45) is 2.98. The maximum absolute atomic E-state index is 12.1. The van der Waals surface area contributed by atoms with Crippen LogP contribution in [0.5, 0.6) is 0 Å². The molecule has 6 heteroatoms. The van der Waals surface area contributed by atoms with E-state index in [0.29, 0.717) is 32.3 Å². The van der Waals surface area contributed by atoms with Crippen molar-refractivity contribution in [1.82, 2.24) is 0 Å². The third-order valence-corrected chi connectivity index (χ3v) is 4.54. The Hall–Kier alpha value is -2.20. The van der Waals surface area contributed by atoms with E-state index in [0.717, 1.165) is 11.1 Å². The first-order valence-corrected chi connectivity index (χ1v) is 8.86. The summed E-state index contributed by atoms with van der Waals surface area (Å²) >= 11 is 18.1. The molecule has 2 aromatic carbocycles. The predicted octanol–water partition coefficient (Wildman–Crippen LogP) is 6.87. The summed E-state index contributed by atoms with van der Waals surface area (Å²) in [6, 6.07) is 14.1.